The molecule has 1 aliphatic heterocycles. The van der Waals surface area contributed by atoms with Gasteiger partial charge in [0.2, 0.25) is 0 Å². The molecule has 2 heterocycles. The molecule has 90 valence electrons. The summed E-state index contributed by atoms with van der Waals surface area (Å²) >= 11 is 0. The molecule has 0 radical (unpaired) electrons. The fraction of sp³-hybridized carbons (Fsp3) is 0.692. The van der Waals surface area contributed by atoms with Crippen molar-refractivity contribution >= 4 is 0 Å². The largest absolute Gasteiger partial charge is 0.465 e. The summed E-state index contributed by atoms with van der Waals surface area (Å²) in [5.41, 5.74) is 0.203. The topological polar surface area (TPSA) is 28.4 Å². The minimum atomic E-state index is 0.203. The fourth-order valence-corrected chi connectivity index (χ4v) is 2.37. The Kier molecular flexibility index (Phi) is 3.08. The number of hydrogen-bond acceptors (Lipinski definition) is 3. The minimum Gasteiger partial charge on any atom is -0.465 e. The van der Waals surface area contributed by atoms with Crippen molar-refractivity contribution in [3.8, 4) is 0 Å². The fourth-order valence-electron chi connectivity index (χ4n) is 2.37. The van der Waals surface area contributed by atoms with Gasteiger partial charge in [-0.3, -0.25) is 4.90 Å². The number of aryl methyl sites for hydroxylation is 1. The predicted molar refractivity (Wildman–Crippen MR) is 65.5 cm³/mol. The molecular formula is C13H22N2O. The van der Waals surface area contributed by atoms with Gasteiger partial charge in [-0.15, -0.1) is 0 Å². The zero-order valence-corrected chi connectivity index (χ0v) is 10.7. The van der Waals surface area contributed by atoms with Crippen LogP contribution in [0.5, 0.6) is 0 Å². The average Bonchev–Trinajstić information content (AvgIpc) is 2.62. The van der Waals surface area contributed by atoms with Crippen molar-refractivity contribution in [2.45, 2.75) is 39.3 Å². The van der Waals surface area contributed by atoms with Crippen molar-refractivity contribution in [2.24, 2.45) is 0 Å². The van der Waals surface area contributed by atoms with Crippen LogP contribution in [0.1, 0.15) is 38.3 Å². The molecule has 1 aliphatic rings. The highest BCUT2D eigenvalue weighted by Gasteiger charge is 2.29. The zero-order chi connectivity index (χ0) is 11.8. The Balaban J connectivity index is 2.07. The van der Waals surface area contributed by atoms with Gasteiger partial charge in [0.15, 0.2) is 0 Å². The molecule has 1 atom stereocenters. The van der Waals surface area contributed by atoms with Crippen molar-refractivity contribution in [3.63, 3.8) is 0 Å². The Morgan fingerprint density at radius 1 is 1.44 bits per heavy atom. The molecule has 3 nitrogen and oxygen atoms in total. The van der Waals surface area contributed by atoms with E-state index >= 15 is 0 Å². The summed E-state index contributed by atoms with van der Waals surface area (Å²) in [6.45, 7) is 11.9. The maximum absolute atomic E-state index is 5.70. The number of rotatable bonds is 2. The lowest BCUT2D eigenvalue weighted by Crippen LogP contribution is -2.57. The number of hydrogen-bond donors (Lipinski definition) is 1. The van der Waals surface area contributed by atoms with Crippen LogP contribution in [0, 0.1) is 6.92 Å². The highest BCUT2D eigenvalue weighted by Crippen LogP contribution is 2.25. The van der Waals surface area contributed by atoms with E-state index < -0.39 is 0 Å². The second-order valence-corrected chi connectivity index (χ2v) is 5.41. The Labute approximate surface area is 97.8 Å². The van der Waals surface area contributed by atoms with Crippen LogP contribution in [0.3, 0.4) is 0 Å². The molecule has 0 amide bonds. The van der Waals surface area contributed by atoms with Crippen LogP contribution in [0.15, 0.2) is 16.5 Å². The summed E-state index contributed by atoms with van der Waals surface area (Å²) in [5, 5.41) is 3.53. The second-order valence-electron chi connectivity index (χ2n) is 5.41. The lowest BCUT2D eigenvalue weighted by Gasteiger charge is -2.41. The van der Waals surface area contributed by atoms with Crippen LogP contribution in [-0.4, -0.2) is 30.1 Å². The van der Waals surface area contributed by atoms with Gasteiger partial charge < -0.3 is 9.73 Å². The normalized spacial score (nSPS) is 23.2. The van der Waals surface area contributed by atoms with Crippen molar-refractivity contribution in [2.75, 3.05) is 19.6 Å². The van der Waals surface area contributed by atoms with E-state index in [0.29, 0.717) is 6.04 Å². The maximum atomic E-state index is 5.70. The highest BCUT2D eigenvalue weighted by molar-refractivity contribution is 5.10. The molecule has 1 saturated heterocycles. The van der Waals surface area contributed by atoms with Crippen LogP contribution in [-0.2, 0) is 0 Å². The average molecular weight is 222 g/mol. The van der Waals surface area contributed by atoms with Crippen LogP contribution in [0.2, 0.25) is 0 Å². The summed E-state index contributed by atoms with van der Waals surface area (Å²) in [6, 6.07) is 4.50. The Morgan fingerprint density at radius 2 is 2.19 bits per heavy atom. The predicted octanol–water partition coefficient (Wildman–Crippen LogP) is 2.33. The number of furan rings is 1. The monoisotopic (exact) mass is 222 g/mol. The molecule has 0 saturated carbocycles. The molecule has 0 aromatic carbocycles. The van der Waals surface area contributed by atoms with Gasteiger partial charge in [0.25, 0.3) is 0 Å². The Hall–Kier alpha value is -0.800. The summed E-state index contributed by atoms with van der Waals surface area (Å²) in [4.78, 5) is 2.48. The first-order valence-corrected chi connectivity index (χ1v) is 6.03. The van der Waals surface area contributed by atoms with Crippen LogP contribution in [0.4, 0.5) is 0 Å². The van der Waals surface area contributed by atoms with E-state index in [2.05, 4.69) is 37.1 Å². The van der Waals surface area contributed by atoms with E-state index in [1.807, 2.05) is 13.0 Å². The summed E-state index contributed by atoms with van der Waals surface area (Å²) in [5.74, 6) is 2.08. The van der Waals surface area contributed by atoms with Gasteiger partial charge in [-0.05, 0) is 39.8 Å². The van der Waals surface area contributed by atoms with Gasteiger partial charge in [-0.1, -0.05) is 0 Å². The molecule has 0 spiro atoms. The second kappa shape index (κ2) is 4.22. The van der Waals surface area contributed by atoms with Gasteiger partial charge in [0.1, 0.15) is 11.5 Å². The SMILES string of the molecule is Cc1ccc(C(C)N2CCNC(C)(C)C2)o1. The first-order chi connectivity index (χ1) is 7.48. The number of nitrogens with zero attached hydrogens (tertiary/aromatic N) is 1. The molecule has 2 rings (SSSR count). The van der Waals surface area contributed by atoms with E-state index in [-0.39, 0.29) is 5.54 Å². The maximum Gasteiger partial charge on any atom is 0.121 e. The standard InChI is InChI=1S/C13H22N2O/c1-10-5-6-12(16-10)11(2)15-8-7-14-13(3,4)9-15/h5-6,11,14H,7-9H2,1-4H3. The van der Waals surface area contributed by atoms with Crippen LogP contribution in [0.25, 0.3) is 0 Å². The lowest BCUT2D eigenvalue weighted by molar-refractivity contribution is 0.105. The smallest absolute Gasteiger partial charge is 0.121 e. The van der Waals surface area contributed by atoms with Crippen molar-refractivity contribution in [1.29, 1.82) is 0 Å². The third kappa shape index (κ3) is 2.47. The van der Waals surface area contributed by atoms with Gasteiger partial charge in [0, 0.05) is 25.2 Å². The minimum absolute atomic E-state index is 0.203. The first-order valence-electron chi connectivity index (χ1n) is 6.03. The third-order valence-corrected chi connectivity index (χ3v) is 3.32. The number of piperazine rings is 1. The van der Waals surface area contributed by atoms with Gasteiger partial charge in [-0.2, -0.15) is 0 Å². The molecule has 1 fully saturated rings. The highest BCUT2D eigenvalue weighted by atomic mass is 16.3. The van der Waals surface area contributed by atoms with Crippen molar-refractivity contribution < 1.29 is 4.42 Å². The summed E-state index contributed by atoms with van der Waals surface area (Å²) in [7, 11) is 0. The molecule has 1 N–H and O–H groups in total. The van der Waals surface area contributed by atoms with Crippen molar-refractivity contribution in [1.82, 2.24) is 10.2 Å². The molecule has 1 aromatic heterocycles. The van der Waals surface area contributed by atoms with Crippen LogP contribution < -0.4 is 5.32 Å². The van der Waals surface area contributed by atoms with E-state index in [1.165, 1.54) is 0 Å². The third-order valence-electron chi connectivity index (χ3n) is 3.32. The van der Waals surface area contributed by atoms with E-state index in [9.17, 15) is 0 Å². The zero-order valence-electron chi connectivity index (χ0n) is 10.7. The Morgan fingerprint density at radius 3 is 2.75 bits per heavy atom. The quantitative estimate of drug-likeness (QED) is 0.832. The first kappa shape index (κ1) is 11.7. The molecule has 16 heavy (non-hydrogen) atoms. The molecule has 1 aromatic rings. The van der Waals surface area contributed by atoms with Crippen molar-refractivity contribution in [3.05, 3.63) is 23.7 Å². The molecule has 1 unspecified atom stereocenters. The Bertz CT molecular complexity index is 357. The summed E-state index contributed by atoms with van der Waals surface area (Å²) in [6.07, 6.45) is 0. The van der Waals surface area contributed by atoms with E-state index in [4.69, 9.17) is 4.42 Å². The van der Waals surface area contributed by atoms with Gasteiger partial charge in [-0.25, -0.2) is 0 Å². The molecular weight excluding hydrogens is 200 g/mol. The molecule has 3 heteroatoms. The lowest BCUT2D eigenvalue weighted by atomic mass is 10.0. The molecule has 0 aliphatic carbocycles. The molecule has 0 bridgehead atoms. The van der Waals surface area contributed by atoms with Crippen LogP contribution >= 0.6 is 0 Å². The number of nitrogens with one attached hydrogen (secondary N) is 1. The van der Waals surface area contributed by atoms with E-state index in [0.717, 1.165) is 31.2 Å². The van der Waals surface area contributed by atoms with Gasteiger partial charge in [0.05, 0.1) is 6.04 Å². The summed E-state index contributed by atoms with van der Waals surface area (Å²) < 4.78 is 5.70. The van der Waals surface area contributed by atoms with E-state index in [1.54, 1.807) is 0 Å². The van der Waals surface area contributed by atoms with Gasteiger partial charge >= 0.3 is 0 Å².